The number of hydrogen-bond donors (Lipinski definition) is 3. The topological polar surface area (TPSA) is 75.1 Å². The molecule has 0 amide bonds. The molecule has 0 radical (unpaired) electrons. The summed E-state index contributed by atoms with van der Waals surface area (Å²) in [7, 11) is 3.16. The molecular weight excluding hydrogens is 469 g/mol. The van der Waals surface area contributed by atoms with Gasteiger partial charge in [-0.15, -0.1) is 24.0 Å². The van der Waals surface area contributed by atoms with Crippen LogP contribution in [0.2, 0.25) is 0 Å². The van der Waals surface area contributed by atoms with Gasteiger partial charge in [0.2, 0.25) is 0 Å². The average molecular weight is 499 g/mol. The van der Waals surface area contributed by atoms with Gasteiger partial charge >= 0.3 is 0 Å². The first-order valence-electron chi connectivity index (χ1n) is 9.05. The van der Waals surface area contributed by atoms with Gasteiger partial charge in [0.1, 0.15) is 0 Å². The number of methoxy groups -OCH3 is 2. The maximum atomic E-state index is 10.5. The number of hydrogen-bond acceptors (Lipinski definition) is 4. The van der Waals surface area contributed by atoms with Crippen molar-refractivity contribution >= 4 is 29.9 Å². The van der Waals surface area contributed by atoms with E-state index in [9.17, 15) is 5.11 Å². The van der Waals surface area contributed by atoms with Crippen LogP contribution in [0.15, 0.2) is 47.5 Å². The number of aliphatic hydroxyl groups is 1. The third kappa shape index (κ3) is 7.20. The summed E-state index contributed by atoms with van der Waals surface area (Å²) in [6, 6.07) is 13.7. The molecule has 154 valence electrons. The van der Waals surface area contributed by atoms with Crippen LogP contribution in [0, 0.1) is 6.92 Å². The zero-order chi connectivity index (χ0) is 19.6. The first kappa shape index (κ1) is 24.0. The highest BCUT2D eigenvalue weighted by molar-refractivity contribution is 14.0. The molecule has 0 fully saturated rings. The lowest BCUT2D eigenvalue weighted by molar-refractivity contribution is 0.180. The summed E-state index contributed by atoms with van der Waals surface area (Å²) in [5.41, 5.74) is 3.11. The van der Waals surface area contributed by atoms with E-state index in [-0.39, 0.29) is 24.0 Å². The SMILES string of the molecule is CCNC(=NCc1ccc(C)cc1)NCC(O)c1ccc(OC)c(OC)c1.I. The van der Waals surface area contributed by atoms with E-state index in [1.807, 2.05) is 13.0 Å². The smallest absolute Gasteiger partial charge is 0.191 e. The van der Waals surface area contributed by atoms with Gasteiger partial charge < -0.3 is 25.2 Å². The van der Waals surface area contributed by atoms with E-state index in [2.05, 4.69) is 46.8 Å². The van der Waals surface area contributed by atoms with Crippen molar-refractivity contribution in [2.75, 3.05) is 27.3 Å². The van der Waals surface area contributed by atoms with E-state index in [0.717, 1.165) is 17.7 Å². The second kappa shape index (κ2) is 12.5. The fourth-order valence-corrected chi connectivity index (χ4v) is 2.58. The van der Waals surface area contributed by atoms with Gasteiger partial charge in [-0.25, -0.2) is 4.99 Å². The minimum Gasteiger partial charge on any atom is -0.493 e. The van der Waals surface area contributed by atoms with E-state index in [1.54, 1.807) is 26.4 Å². The summed E-state index contributed by atoms with van der Waals surface area (Å²) in [6.45, 7) is 5.71. The summed E-state index contributed by atoms with van der Waals surface area (Å²) >= 11 is 0. The van der Waals surface area contributed by atoms with Gasteiger partial charge in [-0.3, -0.25) is 0 Å². The minimum atomic E-state index is -0.701. The second-order valence-electron chi connectivity index (χ2n) is 6.19. The highest BCUT2D eigenvalue weighted by Crippen LogP contribution is 2.29. The highest BCUT2D eigenvalue weighted by atomic mass is 127. The lowest BCUT2D eigenvalue weighted by Gasteiger charge is -2.17. The van der Waals surface area contributed by atoms with Crippen molar-refractivity contribution in [1.29, 1.82) is 0 Å². The van der Waals surface area contributed by atoms with Crippen LogP contribution in [0.1, 0.15) is 29.7 Å². The van der Waals surface area contributed by atoms with Crippen molar-refractivity contribution in [3.05, 3.63) is 59.2 Å². The van der Waals surface area contributed by atoms with Gasteiger partial charge in [0.15, 0.2) is 17.5 Å². The molecule has 0 heterocycles. The lowest BCUT2D eigenvalue weighted by Crippen LogP contribution is -2.39. The second-order valence-corrected chi connectivity index (χ2v) is 6.19. The zero-order valence-electron chi connectivity index (χ0n) is 16.9. The Morgan fingerprint density at radius 3 is 2.32 bits per heavy atom. The highest BCUT2D eigenvalue weighted by Gasteiger charge is 2.12. The van der Waals surface area contributed by atoms with Crippen molar-refractivity contribution in [3.8, 4) is 11.5 Å². The van der Waals surface area contributed by atoms with Crippen molar-refractivity contribution < 1.29 is 14.6 Å². The van der Waals surface area contributed by atoms with Crippen molar-refractivity contribution in [2.24, 2.45) is 4.99 Å². The number of nitrogens with one attached hydrogen (secondary N) is 2. The van der Waals surface area contributed by atoms with Gasteiger partial charge in [-0.1, -0.05) is 35.9 Å². The maximum absolute atomic E-state index is 10.5. The number of aryl methyl sites for hydroxylation is 1. The Morgan fingerprint density at radius 2 is 1.71 bits per heavy atom. The molecule has 2 aromatic rings. The molecule has 0 saturated heterocycles. The Balaban J connectivity index is 0.00000392. The Morgan fingerprint density at radius 1 is 1.04 bits per heavy atom. The Hall–Kier alpha value is -2.00. The molecule has 0 aromatic heterocycles. The minimum absolute atomic E-state index is 0. The van der Waals surface area contributed by atoms with Crippen molar-refractivity contribution in [2.45, 2.75) is 26.5 Å². The zero-order valence-corrected chi connectivity index (χ0v) is 19.2. The molecule has 6 nitrogen and oxygen atoms in total. The van der Waals surface area contributed by atoms with Crippen LogP contribution in [-0.2, 0) is 6.54 Å². The lowest BCUT2D eigenvalue weighted by atomic mass is 10.1. The number of aliphatic imine (C=N–C) groups is 1. The fourth-order valence-electron chi connectivity index (χ4n) is 2.58. The Labute approximate surface area is 184 Å². The van der Waals surface area contributed by atoms with E-state index in [4.69, 9.17) is 9.47 Å². The quantitative estimate of drug-likeness (QED) is 0.295. The molecule has 2 aromatic carbocycles. The standard InChI is InChI=1S/C21H29N3O3.HI/c1-5-22-21(23-13-16-8-6-15(2)7-9-16)24-14-18(25)17-10-11-19(26-3)20(12-17)27-4;/h6-12,18,25H,5,13-14H2,1-4H3,(H2,22,23,24);1H. The predicted molar refractivity (Wildman–Crippen MR) is 124 cm³/mol. The number of halogens is 1. The molecule has 1 atom stereocenters. The number of ether oxygens (including phenoxy) is 2. The number of benzene rings is 2. The molecule has 0 saturated carbocycles. The van der Waals surface area contributed by atoms with Crippen LogP contribution >= 0.6 is 24.0 Å². The normalized spacial score (nSPS) is 12.0. The average Bonchev–Trinajstić information content (AvgIpc) is 2.70. The van der Waals surface area contributed by atoms with E-state index >= 15 is 0 Å². The molecule has 0 aliphatic rings. The van der Waals surface area contributed by atoms with Crippen LogP contribution in [0.5, 0.6) is 11.5 Å². The monoisotopic (exact) mass is 499 g/mol. The molecule has 28 heavy (non-hydrogen) atoms. The van der Waals surface area contributed by atoms with Gasteiger partial charge in [0.05, 0.1) is 26.9 Å². The number of aliphatic hydroxyl groups excluding tert-OH is 1. The third-order valence-electron chi connectivity index (χ3n) is 4.14. The Bertz CT molecular complexity index is 751. The molecule has 2 rings (SSSR count). The van der Waals surface area contributed by atoms with Crippen LogP contribution < -0.4 is 20.1 Å². The molecule has 3 N–H and O–H groups in total. The first-order valence-corrected chi connectivity index (χ1v) is 9.05. The van der Waals surface area contributed by atoms with Crippen LogP contribution in [0.25, 0.3) is 0 Å². The van der Waals surface area contributed by atoms with Crippen LogP contribution in [0.4, 0.5) is 0 Å². The van der Waals surface area contributed by atoms with Gasteiger partial charge in [-0.2, -0.15) is 0 Å². The largest absolute Gasteiger partial charge is 0.493 e. The summed E-state index contributed by atoms with van der Waals surface area (Å²) in [6.07, 6.45) is -0.701. The van der Waals surface area contributed by atoms with Gasteiger partial charge in [0, 0.05) is 13.1 Å². The van der Waals surface area contributed by atoms with Crippen molar-refractivity contribution in [3.63, 3.8) is 0 Å². The van der Waals surface area contributed by atoms with Gasteiger partial charge in [-0.05, 0) is 37.1 Å². The summed E-state index contributed by atoms with van der Waals surface area (Å²) in [5, 5.41) is 16.9. The van der Waals surface area contributed by atoms with E-state index in [1.165, 1.54) is 5.56 Å². The molecule has 0 aliphatic carbocycles. The Kier molecular flexibility index (Phi) is 10.7. The van der Waals surface area contributed by atoms with Crippen LogP contribution in [0.3, 0.4) is 0 Å². The first-order chi connectivity index (χ1) is 13.1. The fraction of sp³-hybridized carbons (Fsp3) is 0.381. The number of guanidine groups is 1. The molecule has 1 unspecified atom stereocenters. The summed E-state index contributed by atoms with van der Waals surface area (Å²) in [5.74, 6) is 1.89. The summed E-state index contributed by atoms with van der Waals surface area (Å²) in [4.78, 5) is 4.58. The predicted octanol–water partition coefficient (Wildman–Crippen LogP) is 3.42. The van der Waals surface area contributed by atoms with Gasteiger partial charge in [0.25, 0.3) is 0 Å². The molecule has 7 heteroatoms. The molecule has 0 aliphatic heterocycles. The molecule has 0 spiro atoms. The van der Waals surface area contributed by atoms with E-state index in [0.29, 0.717) is 30.5 Å². The third-order valence-corrected chi connectivity index (χ3v) is 4.14. The molecule has 0 bridgehead atoms. The number of nitrogens with zero attached hydrogens (tertiary/aromatic N) is 1. The van der Waals surface area contributed by atoms with E-state index < -0.39 is 6.10 Å². The van der Waals surface area contributed by atoms with Crippen LogP contribution in [-0.4, -0.2) is 38.4 Å². The van der Waals surface area contributed by atoms with Crippen molar-refractivity contribution in [1.82, 2.24) is 10.6 Å². The summed E-state index contributed by atoms with van der Waals surface area (Å²) < 4.78 is 10.5. The number of rotatable bonds is 8. The maximum Gasteiger partial charge on any atom is 0.191 e. The molecular formula is C21H30IN3O3.